The molecule has 1 unspecified atom stereocenters. The van der Waals surface area contributed by atoms with E-state index in [-0.39, 0.29) is 5.41 Å². The number of ether oxygens (including phenoxy) is 1. The normalized spacial score (nSPS) is 13.6. The lowest BCUT2D eigenvalue weighted by Gasteiger charge is -2.24. The third-order valence-electron chi connectivity index (χ3n) is 3.57. The van der Waals surface area contributed by atoms with Crippen molar-refractivity contribution < 1.29 is 4.74 Å². The Morgan fingerprint density at radius 1 is 1.19 bits per heavy atom. The van der Waals surface area contributed by atoms with Gasteiger partial charge in [0.1, 0.15) is 5.75 Å². The lowest BCUT2D eigenvalue weighted by atomic mass is 9.84. The predicted molar refractivity (Wildman–Crippen MR) is 93.2 cm³/mol. The van der Waals surface area contributed by atoms with E-state index in [4.69, 9.17) is 4.74 Å². The van der Waals surface area contributed by atoms with Gasteiger partial charge in [-0.3, -0.25) is 0 Å². The van der Waals surface area contributed by atoms with Gasteiger partial charge < -0.3 is 4.74 Å². The molecule has 0 saturated heterocycles. The van der Waals surface area contributed by atoms with Crippen molar-refractivity contribution in [2.45, 2.75) is 66.2 Å². The van der Waals surface area contributed by atoms with Crippen LogP contribution < -0.4 is 4.74 Å². The maximum atomic E-state index is 5.92. The van der Waals surface area contributed by atoms with Crippen LogP contribution in [0.25, 0.3) is 0 Å². The molecule has 118 valence electrons. The van der Waals surface area contributed by atoms with Crippen LogP contribution in [0, 0.1) is 5.92 Å². The van der Waals surface area contributed by atoms with Crippen molar-refractivity contribution >= 4 is 0 Å². The predicted octanol–water partition coefficient (Wildman–Crippen LogP) is 5.92. The number of hydrogen-bond donors (Lipinski definition) is 0. The molecule has 0 spiro atoms. The van der Waals surface area contributed by atoms with Crippen molar-refractivity contribution in [3.63, 3.8) is 0 Å². The largest absolute Gasteiger partial charge is 0.493 e. The lowest BCUT2D eigenvalue weighted by molar-refractivity contribution is 0.308. The molecule has 0 radical (unpaired) electrons. The Hall–Kier alpha value is -1.24. The maximum absolute atomic E-state index is 5.92. The van der Waals surface area contributed by atoms with Crippen molar-refractivity contribution in [2.24, 2.45) is 5.92 Å². The van der Waals surface area contributed by atoms with E-state index >= 15 is 0 Å². The molecule has 0 amide bonds. The fraction of sp³-hybridized carbons (Fsp3) is 0.600. The molecule has 0 fully saturated rings. The van der Waals surface area contributed by atoms with Gasteiger partial charge in [-0.2, -0.15) is 0 Å². The van der Waals surface area contributed by atoms with Crippen LogP contribution >= 0.6 is 0 Å². The van der Waals surface area contributed by atoms with E-state index in [1.165, 1.54) is 11.1 Å². The molecular weight excluding hydrogens is 256 g/mol. The molecule has 0 heterocycles. The van der Waals surface area contributed by atoms with E-state index in [0.717, 1.165) is 31.6 Å². The lowest BCUT2D eigenvalue weighted by Crippen LogP contribution is -2.14. The maximum Gasteiger partial charge on any atom is 0.123 e. The summed E-state index contributed by atoms with van der Waals surface area (Å²) in [5, 5.41) is 0. The van der Waals surface area contributed by atoms with Crippen molar-refractivity contribution in [3.8, 4) is 5.75 Å². The molecule has 1 atom stereocenters. The molecule has 21 heavy (non-hydrogen) atoms. The summed E-state index contributed by atoms with van der Waals surface area (Å²) in [5.74, 6) is 1.63. The van der Waals surface area contributed by atoms with Gasteiger partial charge in [0.2, 0.25) is 0 Å². The molecule has 1 aromatic rings. The molecule has 1 rings (SSSR count). The fourth-order valence-corrected chi connectivity index (χ4v) is 2.44. The van der Waals surface area contributed by atoms with E-state index in [1.54, 1.807) is 0 Å². The summed E-state index contributed by atoms with van der Waals surface area (Å²) in [4.78, 5) is 0. The Labute approximate surface area is 131 Å². The zero-order valence-electron chi connectivity index (χ0n) is 14.7. The highest BCUT2D eigenvalue weighted by atomic mass is 16.5. The molecule has 1 nitrogen and oxygen atoms in total. The van der Waals surface area contributed by atoms with Crippen molar-refractivity contribution in [2.75, 3.05) is 6.61 Å². The highest BCUT2D eigenvalue weighted by Gasteiger charge is 2.19. The summed E-state index contributed by atoms with van der Waals surface area (Å²) in [6.07, 6.45) is 7.82. The quantitative estimate of drug-likeness (QED) is 0.566. The third kappa shape index (κ3) is 5.95. The van der Waals surface area contributed by atoms with Crippen molar-refractivity contribution in [1.82, 2.24) is 0 Å². The van der Waals surface area contributed by atoms with Gasteiger partial charge in [-0.1, -0.05) is 65.8 Å². The minimum absolute atomic E-state index is 0.113. The van der Waals surface area contributed by atoms with Gasteiger partial charge in [0.05, 0.1) is 6.61 Å². The Morgan fingerprint density at radius 3 is 2.48 bits per heavy atom. The second kappa shape index (κ2) is 8.26. The van der Waals surface area contributed by atoms with E-state index in [2.05, 4.69) is 71.9 Å². The van der Waals surface area contributed by atoms with Gasteiger partial charge in [0, 0.05) is 0 Å². The zero-order chi connectivity index (χ0) is 15.9. The molecule has 0 N–H and O–H groups in total. The topological polar surface area (TPSA) is 9.23 Å². The minimum atomic E-state index is 0.113. The molecular formula is C20H32O. The number of rotatable bonds is 7. The molecule has 0 aromatic heterocycles. The van der Waals surface area contributed by atoms with E-state index in [0.29, 0.717) is 5.92 Å². The summed E-state index contributed by atoms with van der Waals surface area (Å²) < 4.78 is 5.92. The zero-order valence-corrected chi connectivity index (χ0v) is 14.7. The molecule has 0 aliphatic rings. The highest BCUT2D eigenvalue weighted by Crippen LogP contribution is 2.33. The van der Waals surface area contributed by atoms with Crippen molar-refractivity contribution in [1.29, 1.82) is 0 Å². The number of hydrogen-bond acceptors (Lipinski definition) is 1. The molecule has 1 heteroatoms. The molecule has 0 bridgehead atoms. The SMILES string of the molecule is CC/C=C\C(C)Cc1ccc(OCCC)c(C(C)(C)C)c1. The Morgan fingerprint density at radius 2 is 1.90 bits per heavy atom. The van der Waals surface area contributed by atoms with Crippen LogP contribution in [0.15, 0.2) is 30.4 Å². The van der Waals surface area contributed by atoms with Gasteiger partial charge in [0.25, 0.3) is 0 Å². The minimum Gasteiger partial charge on any atom is -0.493 e. The average Bonchev–Trinajstić information content (AvgIpc) is 2.42. The Bertz CT molecular complexity index is 451. The van der Waals surface area contributed by atoms with Gasteiger partial charge in [-0.05, 0) is 47.8 Å². The fourth-order valence-electron chi connectivity index (χ4n) is 2.44. The number of allylic oxidation sites excluding steroid dienone is 2. The molecule has 0 aliphatic carbocycles. The van der Waals surface area contributed by atoms with Crippen LogP contribution in [0.2, 0.25) is 0 Å². The Balaban J connectivity index is 2.96. The third-order valence-corrected chi connectivity index (χ3v) is 3.57. The summed E-state index contributed by atoms with van der Waals surface area (Å²) in [7, 11) is 0. The average molecular weight is 288 g/mol. The van der Waals surface area contributed by atoms with Crippen LogP contribution in [0.4, 0.5) is 0 Å². The molecule has 0 aliphatic heterocycles. The van der Waals surface area contributed by atoms with E-state index < -0.39 is 0 Å². The van der Waals surface area contributed by atoms with Crippen LogP contribution in [0.3, 0.4) is 0 Å². The molecule has 0 saturated carbocycles. The van der Waals surface area contributed by atoms with Crippen molar-refractivity contribution in [3.05, 3.63) is 41.5 Å². The van der Waals surface area contributed by atoms with E-state index in [1.807, 2.05) is 0 Å². The smallest absolute Gasteiger partial charge is 0.123 e. The summed E-state index contributed by atoms with van der Waals surface area (Å²) >= 11 is 0. The Kier molecular flexibility index (Phi) is 7.01. The van der Waals surface area contributed by atoms with E-state index in [9.17, 15) is 0 Å². The first-order valence-electron chi connectivity index (χ1n) is 8.31. The first-order chi connectivity index (χ1) is 9.88. The highest BCUT2D eigenvalue weighted by molar-refractivity contribution is 5.42. The van der Waals surface area contributed by atoms with Crippen LogP contribution in [-0.4, -0.2) is 6.61 Å². The standard InChI is InChI=1S/C20H32O/c1-7-9-10-16(3)14-17-11-12-19(21-13-8-2)18(15-17)20(4,5)6/h9-12,15-16H,7-8,13-14H2,1-6H3/b10-9-. The van der Waals surface area contributed by atoms with Crippen LogP contribution in [0.5, 0.6) is 5.75 Å². The van der Waals surface area contributed by atoms with Gasteiger partial charge >= 0.3 is 0 Å². The first-order valence-corrected chi connectivity index (χ1v) is 8.31. The second-order valence-corrected chi connectivity index (χ2v) is 6.95. The van der Waals surface area contributed by atoms with Crippen LogP contribution in [-0.2, 0) is 11.8 Å². The first kappa shape index (κ1) is 17.8. The van der Waals surface area contributed by atoms with Gasteiger partial charge in [-0.25, -0.2) is 0 Å². The van der Waals surface area contributed by atoms with Gasteiger partial charge in [-0.15, -0.1) is 0 Å². The monoisotopic (exact) mass is 288 g/mol. The number of benzene rings is 1. The summed E-state index contributed by atoms with van der Waals surface area (Å²) in [6.45, 7) is 14.2. The summed E-state index contributed by atoms with van der Waals surface area (Å²) in [5.41, 5.74) is 2.83. The molecule has 1 aromatic carbocycles. The van der Waals surface area contributed by atoms with Crippen LogP contribution in [0.1, 0.15) is 65.5 Å². The van der Waals surface area contributed by atoms with Gasteiger partial charge in [0.15, 0.2) is 0 Å². The summed E-state index contributed by atoms with van der Waals surface area (Å²) in [6, 6.07) is 6.71. The second-order valence-electron chi connectivity index (χ2n) is 6.95.